The quantitative estimate of drug-likeness (QED) is 0.859. The van der Waals surface area contributed by atoms with Gasteiger partial charge in [0, 0.05) is 36.6 Å². The van der Waals surface area contributed by atoms with Crippen LogP contribution in [-0.4, -0.2) is 14.2 Å². The Morgan fingerprint density at radius 2 is 2.00 bits per heavy atom. The summed E-state index contributed by atoms with van der Waals surface area (Å²) in [6.07, 6.45) is 0. The number of halogens is 1. The fraction of sp³-hybridized carbons (Fsp3) is 0.200. The first-order valence-corrected chi connectivity index (χ1v) is 5.99. The third kappa shape index (κ3) is 3.16. The highest BCUT2D eigenvalue weighted by atomic mass is 19.1. The van der Waals surface area contributed by atoms with Crippen molar-refractivity contribution in [1.29, 1.82) is 0 Å². The van der Waals surface area contributed by atoms with Gasteiger partial charge in [-0.1, -0.05) is 12.1 Å². The lowest BCUT2D eigenvalue weighted by atomic mass is 10.1. The van der Waals surface area contributed by atoms with Crippen molar-refractivity contribution in [2.24, 2.45) is 0 Å². The number of hydrogen-bond donors (Lipinski definition) is 1. The molecular weight excluding hydrogens is 243 g/mol. The first-order valence-electron chi connectivity index (χ1n) is 5.99. The summed E-state index contributed by atoms with van der Waals surface area (Å²) in [5, 5.41) is 0. The van der Waals surface area contributed by atoms with E-state index in [1.54, 1.807) is 19.2 Å². The molecule has 100 valence electrons. The van der Waals surface area contributed by atoms with Gasteiger partial charge in [-0.25, -0.2) is 4.39 Å². The molecule has 0 saturated carbocycles. The molecule has 0 unspecified atom stereocenters. The molecule has 0 aliphatic heterocycles. The molecule has 2 N–H and O–H groups in total. The molecule has 0 bridgehead atoms. The molecule has 0 saturated heterocycles. The van der Waals surface area contributed by atoms with Gasteiger partial charge in [0.05, 0.1) is 7.11 Å². The van der Waals surface area contributed by atoms with E-state index in [2.05, 4.69) is 0 Å². The van der Waals surface area contributed by atoms with Crippen molar-refractivity contribution < 1.29 is 9.13 Å². The van der Waals surface area contributed by atoms with Gasteiger partial charge < -0.3 is 15.4 Å². The minimum atomic E-state index is -0.283. The van der Waals surface area contributed by atoms with Crippen molar-refractivity contribution in [3.63, 3.8) is 0 Å². The van der Waals surface area contributed by atoms with Crippen LogP contribution in [0.3, 0.4) is 0 Å². The minimum absolute atomic E-state index is 0.283. The lowest BCUT2D eigenvalue weighted by Gasteiger charge is -2.20. The van der Waals surface area contributed by atoms with Crippen LogP contribution in [0.2, 0.25) is 0 Å². The number of hydrogen-bond acceptors (Lipinski definition) is 3. The first-order chi connectivity index (χ1) is 9.10. The largest absolute Gasteiger partial charge is 0.497 e. The smallest absolute Gasteiger partial charge is 0.130 e. The standard InChI is InChI=1S/C15H17FN2O/c1-18(13-4-3-5-14(9-13)19-2)10-11-6-7-12(17)8-15(11)16/h3-9H,10,17H2,1-2H3. The summed E-state index contributed by atoms with van der Waals surface area (Å²) in [4.78, 5) is 1.96. The van der Waals surface area contributed by atoms with Crippen LogP contribution in [-0.2, 0) is 6.54 Å². The Bertz CT molecular complexity index is 572. The summed E-state index contributed by atoms with van der Waals surface area (Å²) in [5.41, 5.74) is 7.55. The van der Waals surface area contributed by atoms with Crippen molar-refractivity contribution in [2.75, 3.05) is 24.8 Å². The van der Waals surface area contributed by atoms with Gasteiger partial charge in [0.2, 0.25) is 0 Å². The molecular formula is C15H17FN2O. The van der Waals surface area contributed by atoms with Crippen LogP contribution in [0.4, 0.5) is 15.8 Å². The predicted molar refractivity (Wildman–Crippen MR) is 75.9 cm³/mol. The van der Waals surface area contributed by atoms with Crippen molar-refractivity contribution in [1.82, 2.24) is 0 Å². The lowest BCUT2D eigenvalue weighted by molar-refractivity contribution is 0.415. The van der Waals surface area contributed by atoms with Crippen molar-refractivity contribution in [3.8, 4) is 5.75 Å². The third-order valence-corrected chi connectivity index (χ3v) is 2.98. The summed E-state index contributed by atoms with van der Waals surface area (Å²) in [6, 6.07) is 12.4. The zero-order valence-electron chi connectivity index (χ0n) is 11.1. The van der Waals surface area contributed by atoms with Gasteiger partial charge in [0.1, 0.15) is 11.6 Å². The molecule has 0 aromatic heterocycles. The highest BCUT2D eigenvalue weighted by molar-refractivity contribution is 5.51. The van der Waals surface area contributed by atoms with E-state index in [0.29, 0.717) is 17.8 Å². The molecule has 0 fully saturated rings. The summed E-state index contributed by atoms with van der Waals surface area (Å²) < 4.78 is 18.9. The molecule has 2 aromatic rings. The molecule has 2 aromatic carbocycles. The zero-order chi connectivity index (χ0) is 13.8. The number of rotatable bonds is 4. The second-order valence-corrected chi connectivity index (χ2v) is 4.41. The first kappa shape index (κ1) is 13.2. The SMILES string of the molecule is COc1cccc(N(C)Cc2ccc(N)cc2F)c1. The summed E-state index contributed by atoms with van der Waals surface area (Å²) in [5.74, 6) is 0.497. The fourth-order valence-electron chi connectivity index (χ4n) is 1.89. The van der Waals surface area contributed by atoms with E-state index >= 15 is 0 Å². The van der Waals surface area contributed by atoms with Crippen LogP contribution in [0.15, 0.2) is 42.5 Å². The van der Waals surface area contributed by atoms with E-state index in [0.717, 1.165) is 11.4 Å². The van der Waals surface area contributed by atoms with E-state index in [-0.39, 0.29) is 5.82 Å². The average molecular weight is 260 g/mol. The Hall–Kier alpha value is -2.23. The van der Waals surface area contributed by atoms with Crippen LogP contribution in [0.5, 0.6) is 5.75 Å². The van der Waals surface area contributed by atoms with Gasteiger partial charge >= 0.3 is 0 Å². The Morgan fingerprint density at radius 1 is 1.21 bits per heavy atom. The predicted octanol–water partition coefficient (Wildman–Crippen LogP) is 3.05. The van der Waals surface area contributed by atoms with Gasteiger partial charge in [-0.2, -0.15) is 0 Å². The molecule has 2 rings (SSSR count). The second-order valence-electron chi connectivity index (χ2n) is 4.41. The molecule has 19 heavy (non-hydrogen) atoms. The van der Waals surface area contributed by atoms with E-state index in [1.165, 1.54) is 6.07 Å². The van der Waals surface area contributed by atoms with Gasteiger partial charge in [-0.3, -0.25) is 0 Å². The number of nitrogens with two attached hydrogens (primary N) is 1. The number of nitrogen functional groups attached to an aromatic ring is 1. The minimum Gasteiger partial charge on any atom is -0.497 e. The summed E-state index contributed by atoms with van der Waals surface area (Å²) in [6.45, 7) is 0.472. The Balaban J connectivity index is 2.17. The number of ether oxygens (including phenoxy) is 1. The Kier molecular flexibility index (Phi) is 3.90. The lowest BCUT2D eigenvalue weighted by Crippen LogP contribution is -2.17. The molecule has 4 heteroatoms. The van der Waals surface area contributed by atoms with E-state index in [9.17, 15) is 4.39 Å². The maximum atomic E-state index is 13.7. The van der Waals surface area contributed by atoms with Crippen LogP contribution >= 0.6 is 0 Å². The molecule has 0 amide bonds. The van der Waals surface area contributed by atoms with Crippen molar-refractivity contribution >= 4 is 11.4 Å². The van der Waals surface area contributed by atoms with Gasteiger partial charge in [0.15, 0.2) is 0 Å². The molecule has 0 aliphatic rings. The van der Waals surface area contributed by atoms with E-state index < -0.39 is 0 Å². The van der Waals surface area contributed by atoms with Crippen LogP contribution in [0.1, 0.15) is 5.56 Å². The van der Waals surface area contributed by atoms with Gasteiger partial charge in [0.25, 0.3) is 0 Å². The van der Waals surface area contributed by atoms with E-state index in [1.807, 2.05) is 36.2 Å². The molecule has 0 spiro atoms. The average Bonchev–Trinajstić information content (AvgIpc) is 2.42. The van der Waals surface area contributed by atoms with Crippen LogP contribution < -0.4 is 15.4 Å². The highest BCUT2D eigenvalue weighted by Gasteiger charge is 2.07. The maximum absolute atomic E-state index is 13.7. The van der Waals surface area contributed by atoms with Crippen molar-refractivity contribution in [3.05, 3.63) is 53.8 Å². The molecule has 0 atom stereocenters. The third-order valence-electron chi connectivity index (χ3n) is 2.98. The molecule has 0 aliphatic carbocycles. The number of benzene rings is 2. The number of nitrogens with zero attached hydrogens (tertiary/aromatic N) is 1. The maximum Gasteiger partial charge on any atom is 0.130 e. The summed E-state index contributed by atoms with van der Waals surface area (Å²) >= 11 is 0. The Morgan fingerprint density at radius 3 is 2.68 bits per heavy atom. The fourth-order valence-corrected chi connectivity index (χ4v) is 1.89. The zero-order valence-corrected chi connectivity index (χ0v) is 11.1. The Labute approximate surface area is 112 Å². The van der Waals surface area contributed by atoms with Gasteiger partial charge in [-0.05, 0) is 24.3 Å². The molecule has 0 radical (unpaired) electrons. The molecule has 3 nitrogen and oxygen atoms in total. The monoisotopic (exact) mass is 260 g/mol. The van der Waals surface area contributed by atoms with Crippen LogP contribution in [0.25, 0.3) is 0 Å². The second kappa shape index (κ2) is 5.61. The normalized spacial score (nSPS) is 10.3. The van der Waals surface area contributed by atoms with Gasteiger partial charge in [-0.15, -0.1) is 0 Å². The van der Waals surface area contributed by atoms with Crippen LogP contribution in [0, 0.1) is 5.82 Å². The number of anilines is 2. The topological polar surface area (TPSA) is 38.5 Å². The molecule has 0 heterocycles. The van der Waals surface area contributed by atoms with Crippen molar-refractivity contribution in [2.45, 2.75) is 6.54 Å². The summed E-state index contributed by atoms with van der Waals surface area (Å²) in [7, 11) is 3.53. The highest BCUT2D eigenvalue weighted by Crippen LogP contribution is 2.22. The van der Waals surface area contributed by atoms with E-state index in [4.69, 9.17) is 10.5 Å². The number of methoxy groups -OCH3 is 1.